The Hall–Kier alpha value is -1.59. The van der Waals surface area contributed by atoms with E-state index in [0.29, 0.717) is 5.82 Å². The van der Waals surface area contributed by atoms with Gasteiger partial charge < -0.3 is 10.6 Å². The van der Waals surface area contributed by atoms with Crippen molar-refractivity contribution >= 4 is 11.7 Å². The smallest absolute Gasteiger partial charge is 0.243 e. The van der Waals surface area contributed by atoms with Crippen molar-refractivity contribution in [2.75, 3.05) is 19.8 Å². The first-order chi connectivity index (χ1) is 5.59. The van der Waals surface area contributed by atoms with Crippen LogP contribution in [0.1, 0.15) is 0 Å². The lowest BCUT2D eigenvalue weighted by atomic mass is 10.5. The van der Waals surface area contributed by atoms with Crippen LogP contribution in [0.5, 0.6) is 0 Å². The molecule has 0 aliphatic rings. The van der Waals surface area contributed by atoms with Gasteiger partial charge in [0.2, 0.25) is 5.91 Å². The molecular weight excluding hydrogens is 158 g/mol. The average molecular weight is 169 g/mol. The Bertz CT molecular complexity index is 279. The summed E-state index contributed by atoms with van der Waals surface area (Å²) in [6, 6.07) is 0. The summed E-state index contributed by atoms with van der Waals surface area (Å²) in [4.78, 5) is 12.6. The molecule has 66 valence electrons. The van der Waals surface area contributed by atoms with Crippen molar-refractivity contribution < 1.29 is 4.79 Å². The molecule has 0 atom stereocenters. The van der Waals surface area contributed by atoms with E-state index in [1.807, 2.05) is 0 Å². The van der Waals surface area contributed by atoms with Crippen LogP contribution in [0.25, 0.3) is 0 Å². The van der Waals surface area contributed by atoms with E-state index in [2.05, 4.69) is 10.3 Å². The molecule has 0 bridgehead atoms. The minimum Gasteiger partial charge on any atom is -0.381 e. The lowest BCUT2D eigenvalue weighted by Gasteiger charge is -2.08. The van der Waals surface area contributed by atoms with E-state index in [0.717, 1.165) is 0 Å². The molecule has 1 aromatic rings. The zero-order chi connectivity index (χ0) is 9.14. The summed E-state index contributed by atoms with van der Waals surface area (Å²) in [6.07, 6.45) is 1.52. The molecule has 1 amide bonds. The van der Waals surface area contributed by atoms with Crippen LogP contribution in [0, 0.1) is 0 Å². The predicted molar refractivity (Wildman–Crippen MR) is 43.1 cm³/mol. The standard InChI is InChI=1S/C6H11N5O/c1-10(2)6(12)4-11-3-5(7)8-9-11/h3H,4,7H2,1-2H3. The van der Waals surface area contributed by atoms with Crippen LogP contribution in [0.4, 0.5) is 5.82 Å². The van der Waals surface area contributed by atoms with E-state index in [1.165, 1.54) is 15.8 Å². The maximum atomic E-state index is 11.1. The van der Waals surface area contributed by atoms with Crippen LogP contribution in [0.2, 0.25) is 0 Å². The molecule has 6 heteroatoms. The lowest BCUT2D eigenvalue weighted by molar-refractivity contribution is -0.129. The number of carbonyl (C=O) groups excluding carboxylic acids is 1. The van der Waals surface area contributed by atoms with Gasteiger partial charge in [0.15, 0.2) is 5.82 Å². The third-order valence-electron chi connectivity index (χ3n) is 1.35. The second-order valence-electron chi connectivity index (χ2n) is 2.63. The fraction of sp³-hybridized carbons (Fsp3) is 0.500. The Balaban J connectivity index is 2.58. The number of amides is 1. The van der Waals surface area contributed by atoms with Gasteiger partial charge in [-0.05, 0) is 0 Å². The van der Waals surface area contributed by atoms with Gasteiger partial charge in [0.05, 0.1) is 6.20 Å². The van der Waals surface area contributed by atoms with Gasteiger partial charge >= 0.3 is 0 Å². The van der Waals surface area contributed by atoms with Gasteiger partial charge in [-0.2, -0.15) is 0 Å². The highest BCUT2D eigenvalue weighted by atomic mass is 16.2. The van der Waals surface area contributed by atoms with E-state index < -0.39 is 0 Å². The second kappa shape index (κ2) is 3.21. The van der Waals surface area contributed by atoms with Gasteiger partial charge in [0, 0.05) is 14.1 Å². The Labute approximate surface area is 69.9 Å². The number of rotatable bonds is 2. The van der Waals surface area contributed by atoms with Crippen molar-refractivity contribution in [1.29, 1.82) is 0 Å². The van der Waals surface area contributed by atoms with Crippen molar-refractivity contribution in [1.82, 2.24) is 19.9 Å². The fourth-order valence-corrected chi connectivity index (χ4v) is 0.671. The van der Waals surface area contributed by atoms with Crippen molar-refractivity contribution in [2.45, 2.75) is 6.54 Å². The van der Waals surface area contributed by atoms with E-state index >= 15 is 0 Å². The van der Waals surface area contributed by atoms with Crippen LogP contribution in [0.3, 0.4) is 0 Å². The van der Waals surface area contributed by atoms with Gasteiger partial charge in [-0.15, -0.1) is 5.10 Å². The first-order valence-corrected chi connectivity index (χ1v) is 3.45. The Morgan fingerprint density at radius 1 is 1.75 bits per heavy atom. The number of carbonyl (C=O) groups is 1. The Morgan fingerprint density at radius 2 is 2.42 bits per heavy atom. The monoisotopic (exact) mass is 169 g/mol. The maximum absolute atomic E-state index is 11.1. The zero-order valence-electron chi connectivity index (χ0n) is 7.06. The number of hydrogen-bond acceptors (Lipinski definition) is 4. The lowest BCUT2D eigenvalue weighted by Crippen LogP contribution is -2.26. The largest absolute Gasteiger partial charge is 0.381 e. The normalized spacial score (nSPS) is 9.83. The maximum Gasteiger partial charge on any atom is 0.243 e. The summed E-state index contributed by atoms with van der Waals surface area (Å²) in [5, 5.41) is 7.18. The molecule has 0 radical (unpaired) electrons. The van der Waals surface area contributed by atoms with E-state index in [1.54, 1.807) is 14.1 Å². The van der Waals surface area contributed by atoms with Gasteiger partial charge in [0.25, 0.3) is 0 Å². The van der Waals surface area contributed by atoms with Crippen molar-refractivity contribution in [3.05, 3.63) is 6.20 Å². The molecule has 2 N–H and O–H groups in total. The van der Waals surface area contributed by atoms with Crippen LogP contribution in [-0.4, -0.2) is 39.9 Å². The van der Waals surface area contributed by atoms with Crippen LogP contribution in [-0.2, 0) is 11.3 Å². The molecule has 0 aliphatic heterocycles. The van der Waals surface area contributed by atoms with E-state index in [9.17, 15) is 4.79 Å². The minimum atomic E-state index is -0.0418. The minimum absolute atomic E-state index is 0.0418. The summed E-state index contributed by atoms with van der Waals surface area (Å²) in [7, 11) is 3.37. The summed E-state index contributed by atoms with van der Waals surface area (Å²) in [5.74, 6) is 0.279. The molecular formula is C6H11N5O. The Morgan fingerprint density at radius 3 is 2.83 bits per heavy atom. The third kappa shape index (κ3) is 1.94. The molecule has 1 aromatic heterocycles. The summed E-state index contributed by atoms with van der Waals surface area (Å²) >= 11 is 0. The number of anilines is 1. The van der Waals surface area contributed by atoms with Gasteiger partial charge in [-0.1, -0.05) is 5.21 Å². The molecule has 0 saturated carbocycles. The van der Waals surface area contributed by atoms with Crippen LogP contribution < -0.4 is 5.73 Å². The van der Waals surface area contributed by atoms with Crippen molar-refractivity contribution in [2.24, 2.45) is 0 Å². The SMILES string of the molecule is CN(C)C(=O)Cn1cc(N)nn1. The van der Waals surface area contributed by atoms with Crippen LogP contribution in [0.15, 0.2) is 6.20 Å². The fourth-order valence-electron chi connectivity index (χ4n) is 0.671. The van der Waals surface area contributed by atoms with E-state index in [4.69, 9.17) is 5.73 Å². The number of hydrogen-bond donors (Lipinski definition) is 1. The third-order valence-corrected chi connectivity index (χ3v) is 1.35. The van der Waals surface area contributed by atoms with E-state index in [-0.39, 0.29) is 12.5 Å². The molecule has 0 fully saturated rings. The van der Waals surface area contributed by atoms with Gasteiger partial charge in [-0.3, -0.25) is 4.79 Å². The van der Waals surface area contributed by atoms with Gasteiger partial charge in [0.1, 0.15) is 6.54 Å². The molecule has 6 nitrogen and oxygen atoms in total. The van der Waals surface area contributed by atoms with Gasteiger partial charge in [-0.25, -0.2) is 4.68 Å². The highest BCUT2D eigenvalue weighted by Crippen LogP contribution is 1.93. The molecule has 1 rings (SSSR count). The molecule has 0 aromatic carbocycles. The summed E-state index contributed by atoms with van der Waals surface area (Å²) in [6.45, 7) is 0.178. The number of nitrogen functional groups attached to an aromatic ring is 1. The zero-order valence-corrected chi connectivity index (χ0v) is 7.06. The number of likely N-dealkylation sites (N-methyl/N-ethyl adjacent to an activating group) is 1. The molecule has 1 heterocycles. The molecule has 0 saturated heterocycles. The molecule has 12 heavy (non-hydrogen) atoms. The summed E-state index contributed by atoms with van der Waals surface area (Å²) in [5.41, 5.74) is 5.31. The molecule has 0 spiro atoms. The van der Waals surface area contributed by atoms with Crippen LogP contribution >= 0.6 is 0 Å². The average Bonchev–Trinajstić information content (AvgIpc) is 2.35. The number of nitrogens with zero attached hydrogens (tertiary/aromatic N) is 4. The topological polar surface area (TPSA) is 77.0 Å². The first kappa shape index (κ1) is 8.51. The first-order valence-electron chi connectivity index (χ1n) is 3.45. The molecule has 0 unspecified atom stereocenters. The highest BCUT2D eigenvalue weighted by Gasteiger charge is 2.05. The predicted octanol–water partition coefficient (Wildman–Crippen LogP) is -1.05. The van der Waals surface area contributed by atoms with Crippen molar-refractivity contribution in [3.8, 4) is 0 Å². The molecule has 0 aliphatic carbocycles. The number of nitrogens with two attached hydrogens (primary N) is 1. The Kier molecular flexibility index (Phi) is 2.27. The quantitative estimate of drug-likeness (QED) is 0.612. The second-order valence-corrected chi connectivity index (χ2v) is 2.63. The highest BCUT2D eigenvalue weighted by molar-refractivity contribution is 5.75. The summed E-state index contributed by atoms with van der Waals surface area (Å²) < 4.78 is 1.40. The number of aromatic nitrogens is 3. The van der Waals surface area contributed by atoms with Crippen molar-refractivity contribution in [3.63, 3.8) is 0 Å².